The highest BCUT2D eigenvalue weighted by Crippen LogP contribution is 2.09. The molecule has 74 valence electrons. The van der Waals surface area contributed by atoms with Crippen LogP contribution in [-0.4, -0.2) is 9.55 Å². The summed E-state index contributed by atoms with van der Waals surface area (Å²) in [4.78, 5) is 14.5. The van der Waals surface area contributed by atoms with Gasteiger partial charge in [0.05, 0.1) is 13.2 Å². The second kappa shape index (κ2) is 2.97. The van der Waals surface area contributed by atoms with Crippen LogP contribution in [0.3, 0.4) is 0 Å². The summed E-state index contributed by atoms with van der Waals surface area (Å²) in [5.41, 5.74) is 1.78. The summed E-state index contributed by atoms with van der Waals surface area (Å²) in [7, 11) is 1.92. The predicted octanol–water partition coefficient (Wildman–Crippen LogP) is 0.735. The molecule has 0 amide bonds. The fraction of sp³-hybridized carbons (Fsp3) is 0.400. The first-order chi connectivity index (χ1) is 6.61. The van der Waals surface area contributed by atoms with Crippen molar-refractivity contribution in [2.75, 3.05) is 0 Å². The average Bonchev–Trinajstić information content (AvgIpc) is 2.42. The zero-order chi connectivity index (χ0) is 10.3. The molecule has 1 N–H and O–H groups in total. The molecule has 0 saturated heterocycles. The summed E-state index contributed by atoms with van der Waals surface area (Å²) in [6.45, 7) is 4.00. The highest BCUT2D eigenvalue weighted by Gasteiger charge is 2.15. The van der Waals surface area contributed by atoms with Crippen LogP contribution in [0.15, 0.2) is 23.1 Å². The van der Waals surface area contributed by atoms with Crippen LogP contribution in [-0.2, 0) is 7.05 Å². The number of rotatable bonds is 1. The molecule has 2 aromatic heterocycles. The Morgan fingerprint density at radius 1 is 1.50 bits per heavy atom. The lowest BCUT2D eigenvalue weighted by molar-refractivity contribution is -0.646. The van der Waals surface area contributed by atoms with Crippen molar-refractivity contribution in [3.05, 3.63) is 28.8 Å². The van der Waals surface area contributed by atoms with E-state index in [2.05, 4.69) is 4.98 Å². The van der Waals surface area contributed by atoms with Crippen molar-refractivity contribution >= 4 is 11.2 Å². The molecule has 0 unspecified atom stereocenters. The molecule has 2 aromatic rings. The van der Waals surface area contributed by atoms with Crippen molar-refractivity contribution in [2.45, 2.75) is 19.9 Å². The average molecular weight is 192 g/mol. The summed E-state index contributed by atoms with van der Waals surface area (Å²) < 4.78 is 3.67. The van der Waals surface area contributed by atoms with E-state index in [-0.39, 0.29) is 11.7 Å². The first-order valence-corrected chi connectivity index (χ1v) is 4.70. The molecule has 4 nitrogen and oxygen atoms in total. The minimum Gasteiger partial charge on any atom is -0.264 e. The quantitative estimate of drug-likeness (QED) is 0.665. The van der Waals surface area contributed by atoms with Crippen LogP contribution in [0.2, 0.25) is 0 Å². The number of nitrogens with one attached hydrogen (secondary N) is 1. The number of nitrogens with zero attached hydrogens (tertiary/aromatic N) is 2. The van der Waals surface area contributed by atoms with E-state index in [1.807, 2.05) is 43.8 Å². The van der Waals surface area contributed by atoms with Gasteiger partial charge in [0.2, 0.25) is 0 Å². The van der Waals surface area contributed by atoms with Gasteiger partial charge in [0.25, 0.3) is 0 Å². The summed E-state index contributed by atoms with van der Waals surface area (Å²) >= 11 is 0. The predicted molar refractivity (Wildman–Crippen MR) is 54.1 cm³/mol. The maximum atomic E-state index is 11.6. The van der Waals surface area contributed by atoms with Gasteiger partial charge in [-0.05, 0) is 26.0 Å². The molecule has 0 bridgehead atoms. The van der Waals surface area contributed by atoms with Crippen LogP contribution < -0.4 is 10.3 Å². The van der Waals surface area contributed by atoms with E-state index in [1.54, 1.807) is 4.57 Å². The van der Waals surface area contributed by atoms with Gasteiger partial charge in [-0.2, -0.15) is 4.98 Å². The summed E-state index contributed by atoms with van der Waals surface area (Å²) in [6.07, 6.45) is 1.92. The Morgan fingerprint density at radius 3 is 2.86 bits per heavy atom. The number of hydrogen-bond acceptors (Lipinski definition) is 1. The van der Waals surface area contributed by atoms with Gasteiger partial charge >= 0.3 is 11.3 Å². The lowest BCUT2D eigenvalue weighted by Crippen LogP contribution is -2.28. The van der Waals surface area contributed by atoms with Crippen LogP contribution in [0.5, 0.6) is 0 Å². The second-order valence-corrected chi connectivity index (χ2v) is 3.75. The molecule has 0 atom stereocenters. The van der Waals surface area contributed by atoms with Crippen molar-refractivity contribution in [3.8, 4) is 0 Å². The second-order valence-electron chi connectivity index (χ2n) is 3.75. The Bertz CT molecular complexity index is 522. The van der Waals surface area contributed by atoms with Gasteiger partial charge in [-0.3, -0.25) is 4.57 Å². The molecular formula is C10H14N3O+. The van der Waals surface area contributed by atoms with E-state index in [0.29, 0.717) is 0 Å². The number of aromatic amines is 1. The van der Waals surface area contributed by atoms with Gasteiger partial charge in [0.15, 0.2) is 0 Å². The van der Waals surface area contributed by atoms with Gasteiger partial charge in [-0.15, -0.1) is 0 Å². The summed E-state index contributed by atoms with van der Waals surface area (Å²) in [5.74, 6) is 0. The van der Waals surface area contributed by atoms with Gasteiger partial charge in [-0.25, -0.2) is 9.36 Å². The van der Waals surface area contributed by atoms with Gasteiger partial charge in [-0.1, -0.05) is 0 Å². The van der Waals surface area contributed by atoms with E-state index in [1.165, 1.54) is 0 Å². The zero-order valence-corrected chi connectivity index (χ0v) is 8.61. The van der Waals surface area contributed by atoms with E-state index in [9.17, 15) is 4.79 Å². The lowest BCUT2D eigenvalue weighted by atomic mass is 10.3. The first kappa shape index (κ1) is 8.99. The number of imidazole rings is 1. The minimum absolute atomic E-state index is 0.0446. The number of aromatic nitrogens is 3. The molecule has 0 aliphatic heterocycles. The SMILES string of the molecule is CC(C)n1c(=O)[nH]c2c1ccc[n+]2C. The number of H-pyrrole nitrogens is 1. The van der Waals surface area contributed by atoms with Crippen LogP contribution in [0.1, 0.15) is 19.9 Å². The Labute approximate surface area is 81.8 Å². The highest BCUT2D eigenvalue weighted by molar-refractivity contribution is 5.67. The molecule has 0 radical (unpaired) electrons. The lowest BCUT2D eigenvalue weighted by Gasteiger charge is -2.03. The summed E-state index contributed by atoms with van der Waals surface area (Å²) in [6, 6.07) is 4.07. The van der Waals surface area contributed by atoms with Gasteiger partial charge in [0, 0.05) is 6.04 Å². The third-order valence-electron chi connectivity index (χ3n) is 2.38. The molecule has 2 rings (SSSR count). The van der Waals surface area contributed by atoms with Crippen molar-refractivity contribution in [2.24, 2.45) is 7.05 Å². The molecule has 0 fully saturated rings. The van der Waals surface area contributed by atoms with E-state index < -0.39 is 0 Å². The van der Waals surface area contributed by atoms with E-state index >= 15 is 0 Å². The molecule has 0 aromatic carbocycles. The number of pyridine rings is 1. The fourth-order valence-corrected chi connectivity index (χ4v) is 1.73. The number of hydrogen-bond donors (Lipinski definition) is 1. The Kier molecular flexibility index (Phi) is 1.91. The standard InChI is InChI=1S/C10H13N3O/c1-7(2)13-8-5-4-6-12(3)9(8)11-10(13)14/h4-7H,1-3H3/p+1. The Hall–Kier alpha value is -1.58. The smallest absolute Gasteiger partial charge is 0.264 e. The molecule has 0 aliphatic rings. The van der Waals surface area contributed by atoms with Gasteiger partial charge < -0.3 is 0 Å². The molecule has 0 aliphatic carbocycles. The van der Waals surface area contributed by atoms with Gasteiger partial charge in [0.1, 0.15) is 5.52 Å². The van der Waals surface area contributed by atoms with E-state index in [4.69, 9.17) is 0 Å². The normalized spacial score (nSPS) is 11.4. The van der Waals surface area contributed by atoms with Crippen LogP contribution >= 0.6 is 0 Å². The zero-order valence-electron chi connectivity index (χ0n) is 8.61. The number of aryl methyl sites for hydroxylation is 1. The molecule has 14 heavy (non-hydrogen) atoms. The number of fused-ring (bicyclic) bond motifs is 1. The largest absolute Gasteiger partial charge is 0.414 e. The Morgan fingerprint density at radius 2 is 2.21 bits per heavy atom. The topological polar surface area (TPSA) is 41.7 Å². The molecule has 0 spiro atoms. The summed E-state index contributed by atoms with van der Waals surface area (Å²) in [5, 5.41) is 0. The molecule has 4 heteroatoms. The van der Waals surface area contributed by atoms with Crippen LogP contribution in [0.4, 0.5) is 0 Å². The van der Waals surface area contributed by atoms with Crippen LogP contribution in [0.25, 0.3) is 11.2 Å². The van der Waals surface area contributed by atoms with Crippen molar-refractivity contribution in [1.82, 2.24) is 9.55 Å². The minimum atomic E-state index is -0.0446. The highest BCUT2D eigenvalue weighted by atomic mass is 16.1. The maximum Gasteiger partial charge on any atom is 0.414 e. The third kappa shape index (κ3) is 1.14. The van der Waals surface area contributed by atoms with E-state index in [0.717, 1.165) is 11.2 Å². The molecular weight excluding hydrogens is 178 g/mol. The Balaban J connectivity index is 2.91. The third-order valence-corrected chi connectivity index (χ3v) is 2.38. The van der Waals surface area contributed by atoms with Crippen LogP contribution in [0, 0.1) is 0 Å². The fourth-order valence-electron chi connectivity index (χ4n) is 1.73. The molecule has 2 heterocycles. The molecule has 0 saturated carbocycles. The van der Waals surface area contributed by atoms with Crippen molar-refractivity contribution < 1.29 is 4.57 Å². The van der Waals surface area contributed by atoms with Crippen molar-refractivity contribution in [3.63, 3.8) is 0 Å². The monoisotopic (exact) mass is 192 g/mol. The first-order valence-electron chi connectivity index (χ1n) is 4.70. The van der Waals surface area contributed by atoms with Crippen molar-refractivity contribution in [1.29, 1.82) is 0 Å². The maximum absolute atomic E-state index is 11.6.